The van der Waals surface area contributed by atoms with E-state index in [1.54, 1.807) is 50.4 Å². The van der Waals surface area contributed by atoms with Crippen molar-refractivity contribution in [2.45, 2.75) is 13.0 Å². The van der Waals surface area contributed by atoms with Crippen molar-refractivity contribution in [1.82, 2.24) is 0 Å². The van der Waals surface area contributed by atoms with Crippen LogP contribution in [0, 0.1) is 12.7 Å². The molecule has 21 heavy (non-hydrogen) atoms. The fourth-order valence-corrected chi connectivity index (χ4v) is 2.05. The number of rotatable bonds is 5. The van der Waals surface area contributed by atoms with Gasteiger partial charge < -0.3 is 15.8 Å². The number of nitrogens with two attached hydrogens (primary N) is 1. The van der Waals surface area contributed by atoms with Crippen molar-refractivity contribution in [3.63, 3.8) is 0 Å². The zero-order valence-electron chi connectivity index (χ0n) is 11.9. The summed E-state index contributed by atoms with van der Waals surface area (Å²) in [6, 6.07) is 10.9. The van der Waals surface area contributed by atoms with Crippen molar-refractivity contribution in [1.29, 1.82) is 0 Å². The quantitative estimate of drug-likeness (QED) is 0.889. The molecule has 1 amide bonds. The van der Waals surface area contributed by atoms with Gasteiger partial charge in [0, 0.05) is 11.8 Å². The lowest BCUT2D eigenvalue weighted by Crippen LogP contribution is -2.27. The monoisotopic (exact) mass is 288 g/mol. The molecule has 0 fully saturated rings. The van der Waals surface area contributed by atoms with Gasteiger partial charge in [-0.25, -0.2) is 4.39 Å². The number of nitrogens with one attached hydrogen (secondary N) is 1. The first kappa shape index (κ1) is 14.8. The maximum Gasteiger partial charge on any atom is 0.244 e. The number of anilines is 1. The van der Waals surface area contributed by atoms with Gasteiger partial charge in [0.15, 0.2) is 0 Å². The van der Waals surface area contributed by atoms with E-state index in [9.17, 15) is 9.18 Å². The highest BCUT2D eigenvalue weighted by Crippen LogP contribution is 2.24. The molecule has 5 heteroatoms. The molecule has 0 aliphatic carbocycles. The second-order valence-electron chi connectivity index (χ2n) is 4.72. The average molecular weight is 288 g/mol. The summed E-state index contributed by atoms with van der Waals surface area (Å²) >= 11 is 0. The summed E-state index contributed by atoms with van der Waals surface area (Å²) in [4.78, 5) is 11.7. The van der Waals surface area contributed by atoms with Crippen LogP contribution in [0.1, 0.15) is 17.2 Å². The van der Waals surface area contributed by atoms with E-state index in [0.29, 0.717) is 22.6 Å². The number of amides is 1. The third-order valence-electron chi connectivity index (χ3n) is 3.18. The van der Waals surface area contributed by atoms with Crippen LogP contribution >= 0.6 is 0 Å². The zero-order chi connectivity index (χ0) is 15.4. The van der Waals surface area contributed by atoms with Gasteiger partial charge in [-0.15, -0.1) is 0 Å². The predicted molar refractivity (Wildman–Crippen MR) is 79.7 cm³/mol. The lowest BCUT2D eigenvalue weighted by molar-refractivity contribution is -0.118. The molecule has 4 nitrogen and oxygen atoms in total. The van der Waals surface area contributed by atoms with Crippen LogP contribution in [0.2, 0.25) is 0 Å². The standard InChI is InChI=1S/C16H17FN2O2/c1-10-8-11(6-7-14(10)17)15(16(18)20)19-12-4-3-5-13(9-12)21-2/h3-9,15,19H,1-2H3,(H2,18,20). The zero-order valence-corrected chi connectivity index (χ0v) is 11.9. The van der Waals surface area contributed by atoms with Crippen LogP contribution in [-0.4, -0.2) is 13.0 Å². The molecule has 0 heterocycles. The van der Waals surface area contributed by atoms with Gasteiger partial charge in [0.25, 0.3) is 0 Å². The summed E-state index contributed by atoms with van der Waals surface area (Å²) in [5, 5.41) is 3.04. The number of hydrogen-bond donors (Lipinski definition) is 2. The van der Waals surface area contributed by atoms with Gasteiger partial charge in [0.05, 0.1) is 7.11 Å². The Bertz CT molecular complexity index is 658. The Labute approximate surface area is 122 Å². The smallest absolute Gasteiger partial charge is 0.244 e. The SMILES string of the molecule is COc1cccc(NC(C(N)=O)c2ccc(F)c(C)c2)c1. The van der Waals surface area contributed by atoms with Crippen LogP contribution in [0.5, 0.6) is 5.75 Å². The Balaban J connectivity index is 2.30. The summed E-state index contributed by atoms with van der Waals surface area (Å²) in [6.07, 6.45) is 0. The fraction of sp³-hybridized carbons (Fsp3) is 0.188. The molecule has 0 saturated carbocycles. The lowest BCUT2D eigenvalue weighted by atomic mass is 10.0. The minimum Gasteiger partial charge on any atom is -0.497 e. The highest BCUT2D eigenvalue weighted by molar-refractivity contribution is 5.84. The van der Waals surface area contributed by atoms with E-state index in [4.69, 9.17) is 10.5 Å². The number of ether oxygens (including phenoxy) is 1. The van der Waals surface area contributed by atoms with Crippen molar-refractivity contribution in [3.8, 4) is 5.75 Å². The lowest BCUT2D eigenvalue weighted by Gasteiger charge is -2.18. The second kappa shape index (κ2) is 6.26. The fourth-order valence-electron chi connectivity index (χ4n) is 2.05. The molecule has 0 aliphatic heterocycles. The number of hydrogen-bond acceptors (Lipinski definition) is 3. The number of benzene rings is 2. The third-order valence-corrected chi connectivity index (χ3v) is 3.18. The van der Waals surface area contributed by atoms with Crippen molar-refractivity contribution < 1.29 is 13.9 Å². The van der Waals surface area contributed by atoms with Crippen molar-refractivity contribution >= 4 is 11.6 Å². The van der Waals surface area contributed by atoms with Gasteiger partial charge in [-0.1, -0.05) is 18.2 Å². The summed E-state index contributed by atoms with van der Waals surface area (Å²) in [7, 11) is 1.56. The number of halogens is 1. The number of carbonyl (C=O) groups is 1. The Morgan fingerprint density at radius 1 is 1.29 bits per heavy atom. The molecule has 2 aromatic carbocycles. The number of carbonyl (C=O) groups excluding carboxylic acids is 1. The molecular formula is C16H17FN2O2. The minimum atomic E-state index is -0.739. The van der Waals surface area contributed by atoms with Crippen LogP contribution < -0.4 is 15.8 Å². The van der Waals surface area contributed by atoms with Crippen LogP contribution in [0.3, 0.4) is 0 Å². The van der Waals surface area contributed by atoms with E-state index in [2.05, 4.69) is 5.32 Å². The van der Waals surface area contributed by atoms with Gasteiger partial charge >= 0.3 is 0 Å². The van der Waals surface area contributed by atoms with E-state index in [-0.39, 0.29) is 5.82 Å². The molecule has 0 spiro atoms. The average Bonchev–Trinajstić information content (AvgIpc) is 2.47. The Morgan fingerprint density at radius 2 is 2.05 bits per heavy atom. The molecule has 1 unspecified atom stereocenters. The Hall–Kier alpha value is -2.56. The third kappa shape index (κ3) is 3.51. The van der Waals surface area contributed by atoms with Crippen LogP contribution in [0.15, 0.2) is 42.5 Å². The largest absolute Gasteiger partial charge is 0.497 e. The predicted octanol–water partition coefficient (Wildman–Crippen LogP) is 2.78. The minimum absolute atomic E-state index is 0.316. The summed E-state index contributed by atoms with van der Waals surface area (Å²) in [6.45, 7) is 1.64. The Morgan fingerprint density at radius 3 is 2.67 bits per heavy atom. The summed E-state index contributed by atoms with van der Waals surface area (Å²) in [5.41, 5.74) is 7.22. The molecule has 2 rings (SSSR count). The molecule has 1 atom stereocenters. The first-order valence-electron chi connectivity index (χ1n) is 6.47. The number of methoxy groups -OCH3 is 1. The normalized spacial score (nSPS) is 11.8. The Kier molecular flexibility index (Phi) is 4.42. The van der Waals surface area contributed by atoms with Crippen LogP contribution in [0.4, 0.5) is 10.1 Å². The maximum atomic E-state index is 13.3. The van der Waals surface area contributed by atoms with Gasteiger partial charge in [0.2, 0.25) is 5.91 Å². The van der Waals surface area contributed by atoms with Crippen molar-refractivity contribution in [2.24, 2.45) is 5.73 Å². The highest BCUT2D eigenvalue weighted by atomic mass is 19.1. The summed E-state index contributed by atoms with van der Waals surface area (Å²) in [5.74, 6) is -0.189. The first-order chi connectivity index (χ1) is 10.0. The molecule has 110 valence electrons. The van der Waals surface area contributed by atoms with Crippen molar-refractivity contribution in [2.75, 3.05) is 12.4 Å². The molecular weight excluding hydrogens is 271 g/mol. The molecule has 3 N–H and O–H groups in total. The van der Waals surface area contributed by atoms with E-state index in [1.165, 1.54) is 6.07 Å². The molecule has 2 aromatic rings. The van der Waals surface area contributed by atoms with E-state index < -0.39 is 11.9 Å². The molecule has 0 saturated heterocycles. The van der Waals surface area contributed by atoms with E-state index in [1.807, 2.05) is 0 Å². The van der Waals surface area contributed by atoms with E-state index in [0.717, 1.165) is 0 Å². The number of primary amides is 1. The summed E-state index contributed by atoms with van der Waals surface area (Å²) < 4.78 is 18.5. The molecule has 0 bridgehead atoms. The van der Waals surface area contributed by atoms with Crippen LogP contribution in [-0.2, 0) is 4.79 Å². The van der Waals surface area contributed by atoms with Gasteiger partial charge in [0.1, 0.15) is 17.6 Å². The topological polar surface area (TPSA) is 64.3 Å². The first-order valence-corrected chi connectivity index (χ1v) is 6.47. The molecule has 0 radical (unpaired) electrons. The van der Waals surface area contributed by atoms with Crippen LogP contribution in [0.25, 0.3) is 0 Å². The molecule has 0 aromatic heterocycles. The van der Waals surface area contributed by atoms with Crippen molar-refractivity contribution in [3.05, 3.63) is 59.4 Å². The van der Waals surface area contributed by atoms with E-state index >= 15 is 0 Å². The van der Waals surface area contributed by atoms with Gasteiger partial charge in [-0.05, 0) is 36.2 Å². The van der Waals surface area contributed by atoms with Gasteiger partial charge in [-0.3, -0.25) is 4.79 Å². The number of aryl methyl sites for hydroxylation is 1. The maximum absolute atomic E-state index is 13.3. The molecule has 0 aliphatic rings. The highest BCUT2D eigenvalue weighted by Gasteiger charge is 2.18. The van der Waals surface area contributed by atoms with Gasteiger partial charge in [-0.2, -0.15) is 0 Å². The second-order valence-corrected chi connectivity index (χ2v) is 4.72.